The molecule has 5 heteroatoms. The van der Waals surface area contributed by atoms with Crippen molar-refractivity contribution in [2.24, 2.45) is 0 Å². The number of ether oxygens (including phenoxy) is 1. The Morgan fingerprint density at radius 1 is 1.04 bits per heavy atom. The fourth-order valence-corrected chi connectivity index (χ4v) is 4.57. The van der Waals surface area contributed by atoms with Crippen LogP contribution in [-0.2, 0) is 15.8 Å². The molecule has 2 aromatic rings. The molecule has 0 heterocycles. The lowest BCUT2D eigenvalue weighted by atomic mass is 9.94. The van der Waals surface area contributed by atoms with Crippen molar-refractivity contribution < 1.29 is 13.2 Å². The second-order valence-electron chi connectivity index (χ2n) is 7.19. The highest BCUT2D eigenvalue weighted by atomic mass is 32.2. The molecule has 26 heavy (non-hydrogen) atoms. The Labute approximate surface area is 157 Å². The zero-order valence-corrected chi connectivity index (χ0v) is 17.3. The predicted octanol–water partition coefficient (Wildman–Crippen LogP) is 4.62. The average Bonchev–Trinajstić information content (AvgIpc) is 2.52. The van der Waals surface area contributed by atoms with Crippen LogP contribution in [0.25, 0.3) is 0 Å². The molecule has 1 N–H and O–H groups in total. The molecule has 2 aromatic carbocycles. The quantitative estimate of drug-likeness (QED) is 0.768. The average molecular weight is 376 g/mol. The molecule has 0 aromatic heterocycles. The number of rotatable bonds is 7. The molecular formula is C21H29NO3S. The van der Waals surface area contributed by atoms with E-state index in [1.54, 1.807) is 7.11 Å². The van der Waals surface area contributed by atoms with E-state index in [2.05, 4.69) is 24.6 Å². The van der Waals surface area contributed by atoms with Gasteiger partial charge in [-0.3, -0.25) is 0 Å². The molecule has 4 nitrogen and oxygen atoms in total. The van der Waals surface area contributed by atoms with E-state index in [1.165, 1.54) is 0 Å². The van der Waals surface area contributed by atoms with Crippen LogP contribution in [0.15, 0.2) is 36.4 Å². The van der Waals surface area contributed by atoms with Gasteiger partial charge in [-0.1, -0.05) is 43.7 Å². The predicted molar refractivity (Wildman–Crippen MR) is 107 cm³/mol. The third-order valence-corrected chi connectivity index (χ3v) is 5.93. The highest BCUT2D eigenvalue weighted by Crippen LogP contribution is 2.32. The lowest BCUT2D eigenvalue weighted by Crippen LogP contribution is -2.28. The van der Waals surface area contributed by atoms with Crippen LogP contribution in [0.5, 0.6) is 5.75 Å². The highest BCUT2D eigenvalue weighted by molar-refractivity contribution is 7.88. The van der Waals surface area contributed by atoms with Gasteiger partial charge in [0.2, 0.25) is 10.0 Å². The number of hydrogen-bond donors (Lipinski definition) is 1. The summed E-state index contributed by atoms with van der Waals surface area (Å²) in [5, 5.41) is 0. The Bertz CT molecular complexity index is 873. The molecule has 0 radical (unpaired) electrons. The van der Waals surface area contributed by atoms with E-state index in [-0.39, 0.29) is 11.8 Å². The van der Waals surface area contributed by atoms with Gasteiger partial charge in [0.25, 0.3) is 0 Å². The van der Waals surface area contributed by atoms with Crippen molar-refractivity contribution in [1.82, 2.24) is 4.72 Å². The van der Waals surface area contributed by atoms with E-state index in [1.807, 2.05) is 51.1 Å². The van der Waals surface area contributed by atoms with Crippen LogP contribution in [0.1, 0.15) is 60.5 Å². The summed E-state index contributed by atoms with van der Waals surface area (Å²) in [6, 6.07) is 11.3. The molecule has 0 aliphatic carbocycles. The monoisotopic (exact) mass is 375 g/mol. The van der Waals surface area contributed by atoms with E-state index >= 15 is 0 Å². The van der Waals surface area contributed by atoms with Crippen molar-refractivity contribution in [3.05, 3.63) is 64.2 Å². The van der Waals surface area contributed by atoms with E-state index in [0.717, 1.165) is 33.6 Å². The Balaban J connectivity index is 2.25. The smallest absolute Gasteiger partial charge is 0.216 e. The van der Waals surface area contributed by atoms with Gasteiger partial charge in [0.1, 0.15) is 5.75 Å². The van der Waals surface area contributed by atoms with E-state index < -0.39 is 10.0 Å². The Morgan fingerprint density at radius 2 is 1.73 bits per heavy atom. The third kappa shape index (κ3) is 5.08. The molecule has 2 rings (SSSR count). The zero-order chi connectivity index (χ0) is 19.5. The number of nitrogens with one attached hydrogen (secondary N) is 1. The molecule has 0 aliphatic rings. The standard InChI is InChI=1S/C21H29NO3S/c1-14(2)19-12-20(16(4)11-21(19)25-6)17(5)22-26(23,24)13-18-9-7-8-15(3)10-18/h7-12,14,17,22H,13H2,1-6H3/t17-/m1/s1. The molecule has 0 saturated heterocycles. The van der Waals surface area contributed by atoms with Crippen LogP contribution in [0, 0.1) is 13.8 Å². The molecule has 1 atom stereocenters. The number of hydrogen-bond acceptors (Lipinski definition) is 3. The summed E-state index contributed by atoms with van der Waals surface area (Å²) in [4.78, 5) is 0. The van der Waals surface area contributed by atoms with Gasteiger partial charge in [0.05, 0.1) is 12.9 Å². The molecule has 0 aliphatic heterocycles. The first-order valence-corrected chi connectivity index (χ1v) is 10.5. The van der Waals surface area contributed by atoms with Gasteiger partial charge < -0.3 is 4.74 Å². The SMILES string of the molecule is COc1cc(C)c([C@@H](C)NS(=O)(=O)Cc2cccc(C)c2)cc1C(C)C. The minimum Gasteiger partial charge on any atom is -0.496 e. The summed E-state index contributed by atoms with van der Waals surface area (Å²) in [6.07, 6.45) is 0. The molecule has 0 unspecified atom stereocenters. The minimum atomic E-state index is -3.45. The summed E-state index contributed by atoms with van der Waals surface area (Å²) in [5.41, 5.74) is 4.91. The first-order chi connectivity index (χ1) is 12.1. The van der Waals surface area contributed by atoms with Crippen molar-refractivity contribution in [3.8, 4) is 5.75 Å². The summed E-state index contributed by atoms with van der Waals surface area (Å²) in [6.45, 7) is 10.0. The summed E-state index contributed by atoms with van der Waals surface area (Å²) < 4.78 is 33.5. The molecule has 0 spiro atoms. The third-order valence-electron chi connectivity index (χ3n) is 4.50. The molecule has 0 bridgehead atoms. The van der Waals surface area contributed by atoms with Gasteiger partial charge in [-0.2, -0.15) is 0 Å². The van der Waals surface area contributed by atoms with Crippen molar-refractivity contribution in [3.63, 3.8) is 0 Å². The molecule has 142 valence electrons. The van der Waals surface area contributed by atoms with Crippen molar-refractivity contribution in [2.75, 3.05) is 7.11 Å². The maximum absolute atomic E-state index is 12.6. The lowest BCUT2D eigenvalue weighted by Gasteiger charge is -2.21. The normalized spacial score (nSPS) is 13.0. The van der Waals surface area contributed by atoms with Crippen LogP contribution in [-0.4, -0.2) is 15.5 Å². The van der Waals surface area contributed by atoms with Crippen LogP contribution in [0.4, 0.5) is 0 Å². The van der Waals surface area contributed by atoms with Crippen LogP contribution < -0.4 is 9.46 Å². The number of methoxy groups -OCH3 is 1. The topological polar surface area (TPSA) is 55.4 Å². The van der Waals surface area contributed by atoms with Gasteiger partial charge in [-0.05, 0) is 61.1 Å². The summed E-state index contributed by atoms with van der Waals surface area (Å²) in [7, 11) is -1.78. The maximum atomic E-state index is 12.6. The van der Waals surface area contributed by atoms with Crippen molar-refractivity contribution >= 4 is 10.0 Å². The Kier molecular flexibility index (Phi) is 6.48. The Hall–Kier alpha value is -1.85. The van der Waals surface area contributed by atoms with Crippen LogP contribution >= 0.6 is 0 Å². The first-order valence-electron chi connectivity index (χ1n) is 8.87. The first kappa shape index (κ1) is 20.5. The molecule has 0 saturated carbocycles. The Morgan fingerprint density at radius 3 is 2.31 bits per heavy atom. The fraction of sp³-hybridized carbons (Fsp3) is 0.429. The second kappa shape index (κ2) is 8.23. The zero-order valence-electron chi connectivity index (χ0n) is 16.5. The number of sulfonamides is 1. The second-order valence-corrected chi connectivity index (χ2v) is 8.95. The summed E-state index contributed by atoms with van der Waals surface area (Å²) in [5.74, 6) is 1.11. The minimum absolute atomic E-state index is 0.0226. The van der Waals surface area contributed by atoms with Gasteiger partial charge >= 0.3 is 0 Å². The van der Waals surface area contributed by atoms with Crippen molar-refractivity contribution in [1.29, 1.82) is 0 Å². The highest BCUT2D eigenvalue weighted by Gasteiger charge is 2.20. The number of benzene rings is 2. The van der Waals surface area contributed by atoms with E-state index in [9.17, 15) is 8.42 Å². The largest absolute Gasteiger partial charge is 0.496 e. The van der Waals surface area contributed by atoms with E-state index in [0.29, 0.717) is 5.92 Å². The molecular weight excluding hydrogens is 346 g/mol. The van der Waals surface area contributed by atoms with Crippen LogP contribution in [0.2, 0.25) is 0 Å². The van der Waals surface area contributed by atoms with E-state index in [4.69, 9.17) is 4.74 Å². The van der Waals surface area contributed by atoms with Gasteiger partial charge in [-0.15, -0.1) is 0 Å². The lowest BCUT2D eigenvalue weighted by molar-refractivity contribution is 0.406. The van der Waals surface area contributed by atoms with Gasteiger partial charge in [0, 0.05) is 6.04 Å². The molecule has 0 amide bonds. The van der Waals surface area contributed by atoms with Gasteiger partial charge in [-0.25, -0.2) is 13.1 Å². The maximum Gasteiger partial charge on any atom is 0.216 e. The number of aryl methyl sites for hydroxylation is 2. The van der Waals surface area contributed by atoms with Gasteiger partial charge in [0.15, 0.2) is 0 Å². The fourth-order valence-electron chi connectivity index (χ4n) is 3.21. The molecule has 0 fully saturated rings. The summed E-state index contributed by atoms with van der Waals surface area (Å²) >= 11 is 0. The van der Waals surface area contributed by atoms with Crippen molar-refractivity contribution in [2.45, 2.75) is 52.3 Å². The van der Waals surface area contributed by atoms with Crippen LogP contribution in [0.3, 0.4) is 0 Å².